The Bertz CT molecular complexity index is 684. The molecule has 0 bridgehead atoms. The average molecular weight is 272 g/mol. The van der Waals surface area contributed by atoms with Crippen LogP contribution in [0.3, 0.4) is 0 Å². The zero-order chi connectivity index (χ0) is 13.2. The van der Waals surface area contributed by atoms with Crippen molar-refractivity contribution < 1.29 is 13.9 Å². The number of esters is 1. The number of halogens is 1. The van der Waals surface area contributed by atoms with Gasteiger partial charge in [-0.1, -0.05) is 12.1 Å². The predicted molar refractivity (Wildman–Crippen MR) is 72.8 cm³/mol. The topological polar surface area (TPSA) is 26.3 Å². The van der Waals surface area contributed by atoms with Crippen molar-refractivity contribution >= 4 is 29.1 Å². The lowest BCUT2D eigenvalue weighted by Gasteiger charge is -2.02. The molecule has 0 N–H and O–H groups in total. The van der Waals surface area contributed by atoms with Crippen LogP contribution in [0.5, 0.6) is 0 Å². The summed E-state index contributed by atoms with van der Waals surface area (Å²) in [5, 5.41) is 3.85. The maximum Gasteiger partial charge on any atom is 0.343 e. The van der Waals surface area contributed by atoms with Crippen LogP contribution in [0.1, 0.15) is 11.1 Å². The average Bonchev–Trinajstić information content (AvgIpc) is 3.02. The molecule has 1 aromatic heterocycles. The van der Waals surface area contributed by atoms with E-state index in [1.807, 2.05) is 16.8 Å². The van der Waals surface area contributed by atoms with Gasteiger partial charge in [0.1, 0.15) is 11.6 Å². The molecule has 1 aromatic carbocycles. The summed E-state index contributed by atoms with van der Waals surface area (Å²) in [6.45, 7) is 0. The van der Waals surface area contributed by atoms with Crippen molar-refractivity contribution in [1.82, 2.24) is 0 Å². The maximum atomic E-state index is 13.6. The van der Waals surface area contributed by atoms with Crippen molar-refractivity contribution in [3.8, 4) is 0 Å². The normalized spacial score (nSPS) is 16.6. The van der Waals surface area contributed by atoms with Crippen LogP contribution in [0.4, 0.5) is 4.39 Å². The van der Waals surface area contributed by atoms with E-state index in [0.717, 1.165) is 5.56 Å². The quantitative estimate of drug-likeness (QED) is 0.613. The van der Waals surface area contributed by atoms with E-state index < -0.39 is 11.8 Å². The summed E-state index contributed by atoms with van der Waals surface area (Å²) < 4.78 is 18.7. The Morgan fingerprint density at radius 1 is 1.21 bits per heavy atom. The molecule has 2 heterocycles. The summed E-state index contributed by atoms with van der Waals surface area (Å²) in [5.41, 5.74) is 1.66. The van der Waals surface area contributed by atoms with Crippen molar-refractivity contribution in [2.24, 2.45) is 0 Å². The molecule has 0 fully saturated rings. The van der Waals surface area contributed by atoms with Crippen LogP contribution in [0.25, 0.3) is 11.8 Å². The fraction of sp³-hybridized carbons (Fsp3) is 0. The molecule has 0 unspecified atom stereocenters. The first-order valence-corrected chi connectivity index (χ1v) is 6.61. The molecule has 3 rings (SSSR count). The van der Waals surface area contributed by atoms with E-state index in [1.165, 1.54) is 6.07 Å². The number of rotatable bonds is 2. The van der Waals surface area contributed by atoms with Gasteiger partial charge in [-0.05, 0) is 46.7 Å². The van der Waals surface area contributed by atoms with Gasteiger partial charge in [0.25, 0.3) is 0 Å². The van der Waals surface area contributed by atoms with Crippen LogP contribution in [0, 0.1) is 5.82 Å². The molecule has 0 saturated heterocycles. The standard InChI is InChI=1S/C15H9FO2S/c16-13-4-2-1-3-12(13)14-8-11(15(17)18-14)7-10-5-6-19-9-10/h1-9H/b11-7+. The van der Waals surface area contributed by atoms with Crippen LogP contribution in [-0.4, -0.2) is 5.97 Å². The molecule has 0 aliphatic carbocycles. The number of hydrogen-bond donors (Lipinski definition) is 0. The minimum absolute atomic E-state index is 0.254. The number of cyclic esters (lactones) is 1. The van der Waals surface area contributed by atoms with Crippen LogP contribution < -0.4 is 0 Å². The maximum absolute atomic E-state index is 13.6. The van der Waals surface area contributed by atoms with E-state index >= 15 is 0 Å². The lowest BCUT2D eigenvalue weighted by Crippen LogP contribution is -1.97. The molecule has 0 atom stereocenters. The van der Waals surface area contributed by atoms with Crippen molar-refractivity contribution in [3.05, 3.63) is 69.7 Å². The Hall–Kier alpha value is -2.20. The zero-order valence-corrected chi connectivity index (χ0v) is 10.6. The lowest BCUT2D eigenvalue weighted by atomic mass is 10.1. The van der Waals surface area contributed by atoms with Crippen LogP contribution in [-0.2, 0) is 9.53 Å². The van der Waals surface area contributed by atoms with Gasteiger partial charge in [0.15, 0.2) is 0 Å². The van der Waals surface area contributed by atoms with Gasteiger partial charge < -0.3 is 4.74 Å². The molecule has 4 heteroatoms. The van der Waals surface area contributed by atoms with Gasteiger partial charge in [-0.15, -0.1) is 0 Å². The summed E-state index contributed by atoms with van der Waals surface area (Å²) >= 11 is 1.55. The van der Waals surface area contributed by atoms with E-state index in [1.54, 1.807) is 41.7 Å². The van der Waals surface area contributed by atoms with E-state index in [2.05, 4.69) is 0 Å². The molecule has 2 nitrogen and oxygen atoms in total. The number of benzene rings is 1. The minimum Gasteiger partial charge on any atom is -0.422 e. The molecule has 0 radical (unpaired) electrons. The highest BCUT2D eigenvalue weighted by Crippen LogP contribution is 2.29. The Balaban J connectivity index is 1.98. The third kappa shape index (κ3) is 2.35. The highest BCUT2D eigenvalue weighted by molar-refractivity contribution is 7.08. The van der Waals surface area contributed by atoms with E-state index in [9.17, 15) is 9.18 Å². The Morgan fingerprint density at radius 3 is 2.79 bits per heavy atom. The first kappa shape index (κ1) is 11.9. The molecule has 0 saturated carbocycles. The van der Waals surface area contributed by atoms with E-state index in [0.29, 0.717) is 11.1 Å². The van der Waals surface area contributed by atoms with Gasteiger partial charge in [0, 0.05) is 0 Å². The second kappa shape index (κ2) is 4.82. The first-order chi connectivity index (χ1) is 9.24. The van der Waals surface area contributed by atoms with E-state index in [4.69, 9.17) is 4.74 Å². The van der Waals surface area contributed by atoms with Crippen LogP contribution in [0.15, 0.2) is 52.7 Å². The monoisotopic (exact) mass is 272 g/mol. The molecular weight excluding hydrogens is 263 g/mol. The van der Waals surface area contributed by atoms with Crippen LogP contribution >= 0.6 is 11.3 Å². The zero-order valence-electron chi connectivity index (χ0n) is 9.80. The van der Waals surface area contributed by atoms with Gasteiger partial charge in [-0.3, -0.25) is 0 Å². The molecule has 0 spiro atoms. The van der Waals surface area contributed by atoms with Crippen molar-refractivity contribution in [1.29, 1.82) is 0 Å². The molecule has 19 heavy (non-hydrogen) atoms. The molecule has 2 aromatic rings. The largest absolute Gasteiger partial charge is 0.422 e. The number of carbonyl (C=O) groups excluding carboxylic acids is 1. The highest BCUT2D eigenvalue weighted by Gasteiger charge is 2.23. The smallest absolute Gasteiger partial charge is 0.343 e. The molecule has 1 aliphatic rings. The summed E-state index contributed by atoms with van der Waals surface area (Å²) in [4.78, 5) is 11.7. The fourth-order valence-corrected chi connectivity index (χ4v) is 2.44. The third-order valence-electron chi connectivity index (χ3n) is 2.73. The Labute approximate surface area is 113 Å². The first-order valence-electron chi connectivity index (χ1n) is 5.67. The Morgan fingerprint density at radius 2 is 2.05 bits per heavy atom. The minimum atomic E-state index is -0.454. The fourth-order valence-electron chi connectivity index (χ4n) is 1.82. The second-order valence-corrected chi connectivity index (χ2v) is 4.81. The predicted octanol–water partition coefficient (Wildman–Crippen LogP) is 3.87. The lowest BCUT2D eigenvalue weighted by molar-refractivity contribution is -0.130. The van der Waals surface area contributed by atoms with Crippen LogP contribution in [0.2, 0.25) is 0 Å². The summed E-state index contributed by atoms with van der Waals surface area (Å²) in [6, 6.07) is 8.12. The molecule has 0 amide bonds. The number of carbonyl (C=O) groups is 1. The SMILES string of the molecule is O=C1OC(c2ccccc2F)=C/C1=C\c1ccsc1. The summed E-state index contributed by atoms with van der Waals surface area (Å²) in [7, 11) is 0. The third-order valence-corrected chi connectivity index (χ3v) is 3.43. The van der Waals surface area contributed by atoms with Gasteiger partial charge in [0.05, 0.1) is 11.1 Å². The Kier molecular flexibility index (Phi) is 3.01. The van der Waals surface area contributed by atoms with Gasteiger partial charge in [-0.25, -0.2) is 9.18 Å². The molecule has 1 aliphatic heterocycles. The van der Waals surface area contributed by atoms with E-state index in [-0.39, 0.29) is 5.76 Å². The number of ether oxygens (including phenoxy) is 1. The molecule has 94 valence electrons. The van der Waals surface area contributed by atoms with Gasteiger partial charge in [0.2, 0.25) is 0 Å². The van der Waals surface area contributed by atoms with Crippen molar-refractivity contribution in [2.45, 2.75) is 0 Å². The summed E-state index contributed by atoms with van der Waals surface area (Å²) in [5.74, 6) is -0.604. The summed E-state index contributed by atoms with van der Waals surface area (Å²) in [6.07, 6.45) is 3.30. The van der Waals surface area contributed by atoms with Gasteiger partial charge >= 0.3 is 5.97 Å². The molecular formula is C15H9FO2S. The van der Waals surface area contributed by atoms with Crippen molar-refractivity contribution in [2.75, 3.05) is 0 Å². The highest BCUT2D eigenvalue weighted by atomic mass is 32.1. The van der Waals surface area contributed by atoms with Crippen molar-refractivity contribution in [3.63, 3.8) is 0 Å². The van der Waals surface area contributed by atoms with Gasteiger partial charge in [-0.2, -0.15) is 11.3 Å². The number of hydrogen-bond acceptors (Lipinski definition) is 3. The number of thiophene rings is 1. The second-order valence-electron chi connectivity index (χ2n) is 4.03.